The van der Waals surface area contributed by atoms with Crippen LogP contribution in [-0.4, -0.2) is 14.9 Å². The van der Waals surface area contributed by atoms with Crippen LogP contribution in [0.3, 0.4) is 0 Å². The molecule has 3 heteroatoms. The van der Waals surface area contributed by atoms with Gasteiger partial charge in [-0.1, -0.05) is 48.0 Å². The summed E-state index contributed by atoms with van der Waals surface area (Å²) in [5, 5.41) is 14.9. The normalized spacial score (nSPS) is 10.8. The van der Waals surface area contributed by atoms with Gasteiger partial charge >= 0.3 is 0 Å². The third-order valence-corrected chi connectivity index (χ3v) is 3.70. The minimum absolute atomic E-state index is 0.238. The van der Waals surface area contributed by atoms with Crippen LogP contribution in [0.15, 0.2) is 48.5 Å². The lowest BCUT2D eigenvalue weighted by atomic mass is 10.1. The molecule has 0 saturated heterocycles. The zero-order valence-corrected chi connectivity index (χ0v) is 12.5. The predicted octanol–water partition coefficient (Wildman–Crippen LogP) is 4.17. The highest BCUT2D eigenvalue weighted by atomic mass is 16.3. The van der Waals surface area contributed by atoms with Crippen molar-refractivity contribution in [2.45, 2.75) is 20.8 Å². The van der Waals surface area contributed by atoms with Crippen molar-refractivity contribution in [2.75, 3.05) is 0 Å². The monoisotopic (exact) mass is 278 g/mol. The third kappa shape index (κ3) is 2.31. The molecule has 21 heavy (non-hydrogen) atoms. The molecular formula is C18H18N2O. The highest BCUT2D eigenvalue weighted by Crippen LogP contribution is 2.34. The summed E-state index contributed by atoms with van der Waals surface area (Å²) >= 11 is 0. The van der Waals surface area contributed by atoms with Gasteiger partial charge in [0.1, 0.15) is 11.4 Å². The summed E-state index contributed by atoms with van der Waals surface area (Å²) in [7, 11) is 0. The van der Waals surface area contributed by atoms with Crippen LogP contribution in [0.1, 0.15) is 16.8 Å². The minimum Gasteiger partial charge on any atom is -0.504 e. The van der Waals surface area contributed by atoms with Crippen LogP contribution in [0.25, 0.3) is 16.9 Å². The molecule has 2 aromatic carbocycles. The first-order valence-corrected chi connectivity index (χ1v) is 6.99. The fourth-order valence-corrected chi connectivity index (χ4v) is 2.46. The first kappa shape index (κ1) is 13.4. The molecule has 0 fully saturated rings. The zero-order valence-electron chi connectivity index (χ0n) is 12.5. The van der Waals surface area contributed by atoms with E-state index in [2.05, 4.69) is 5.10 Å². The second-order valence-electron chi connectivity index (χ2n) is 5.35. The average molecular weight is 278 g/mol. The Morgan fingerprint density at radius 3 is 2.24 bits per heavy atom. The van der Waals surface area contributed by atoms with E-state index >= 15 is 0 Å². The Morgan fingerprint density at radius 2 is 1.57 bits per heavy atom. The van der Waals surface area contributed by atoms with Crippen LogP contribution >= 0.6 is 0 Å². The lowest BCUT2D eigenvalue weighted by Crippen LogP contribution is -2.01. The topological polar surface area (TPSA) is 38.1 Å². The van der Waals surface area contributed by atoms with Gasteiger partial charge in [-0.2, -0.15) is 5.10 Å². The summed E-state index contributed by atoms with van der Waals surface area (Å²) in [6, 6.07) is 16.1. The van der Waals surface area contributed by atoms with Gasteiger partial charge in [-0.3, -0.25) is 0 Å². The quantitative estimate of drug-likeness (QED) is 0.764. The largest absolute Gasteiger partial charge is 0.504 e. The molecule has 0 atom stereocenters. The summed E-state index contributed by atoms with van der Waals surface area (Å²) in [5.74, 6) is 0.238. The summed E-state index contributed by atoms with van der Waals surface area (Å²) in [5.41, 5.74) is 5.62. The molecule has 1 heterocycles. The van der Waals surface area contributed by atoms with Crippen LogP contribution in [0.2, 0.25) is 0 Å². The molecular weight excluding hydrogens is 260 g/mol. The molecule has 3 rings (SSSR count). The van der Waals surface area contributed by atoms with Gasteiger partial charge in [0.2, 0.25) is 0 Å². The molecule has 0 aliphatic rings. The molecule has 0 aliphatic heterocycles. The highest BCUT2D eigenvalue weighted by molar-refractivity contribution is 5.70. The number of para-hydroxylation sites is 1. The van der Waals surface area contributed by atoms with E-state index in [1.165, 1.54) is 5.56 Å². The molecule has 0 bridgehead atoms. The number of benzene rings is 2. The molecule has 0 amide bonds. The smallest absolute Gasteiger partial charge is 0.165 e. The van der Waals surface area contributed by atoms with E-state index in [9.17, 15) is 5.11 Å². The number of aryl methyl sites for hydroxylation is 3. The number of hydrogen-bond donors (Lipinski definition) is 1. The lowest BCUT2D eigenvalue weighted by Gasteiger charge is -2.10. The number of nitrogens with zero attached hydrogens (tertiary/aromatic N) is 2. The first-order valence-electron chi connectivity index (χ1n) is 6.99. The van der Waals surface area contributed by atoms with Gasteiger partial charge < -0.3 is 5.11 Å². The van der Waals surface area contributed by atoms with Crippen LogP contribution in [0, 0.1) is 20.8 Å². The van der Waals surface area contributed by atoms with Gasteiger partial charge in [0, 0.05) is 5.56 Å². The molecule has 0 saturated carbocycles. The van der Waals surface area contributed by atoms with E-state index in [0.717, 1.165) is 22.5 Å². The second kappa shape index (κ2) is 5.09. The fraction of sp³-hybridized carbons (Fsp3) is 0.167. The van der Waals surface area contributed by atoms with Gasteiger partial charge in [0.05, 0.1) is 5.69 Å². The number of aromatic hydroxyl groups is 1. The maximum Gasteiger partial charge on any atom is 0.165 e. The van der Waals surface area contributed by atoms with Gasteiger partial charge in [0.15, 0.2) is 5.75 Å². The van der Waals surface area contributed by atoms with Gasteiger partial charge in [-0.25, -0.2) is 4.68 Å². The molecule has 0 radical (unpaired) electrons. The van der Waals surface area contributed by atoms with E-state index in [1.54, 1.807) is 0 Å². The fourth-order valence-electron chi connectivity index (χ4n) is 2.46. The predicted molar refractivity (Wildman–Crippen MR) is 84.9 cm³/mol. The molecule has 106 valence electrons. The van der Waals surface area contributed by atoms with Crippen molar-refractivity contribution in [3.63, 3.8) is 0 Å². The Bertz CT molecular complexity index is 785. The van der Waals surface area contributed by atoms with Crippen molar-refractivity contribution in [2.24, 2.45) is 0 Å². The van der Waals surface area contributed by atoms with Gasteiger partial charge in [-0.15, -0.1) is 0 Å². The van der Waals surface area contributed by atoms with E-state index in [1.807, 2.05) is 74.0 Å². The Hall–Kier alpha value is -2.55. The van der Waals surface area contributed by atoms with Crippen molar-refractivity contribution in [3.05, 3.63) is 65.4 Å². The summed E-state index contributed by atoms with van der Waals surface area (Å²) in [4.78, 5) is 0. The van der Waals surface area contributed by atoms with E-state index in [4.69, 9.17) is 0 Å². The van der Waals surface area contributed by atoms with E-state index in [-0.39, 0.29) is 5.75 Å². The van der Waals surface area contributed by atoms with Crippen LogP contribution < -0.4 is 0 Å². The Morgan fingerprint density at radius 1 is 0.905 bits per heavy atom. The number of hydrogen-bond acceptors (Lipinski definition) is 2. The molecule has 0 spiro atoms. The molecule has 1 aromatic heterocycles. The zero-order chi connectivity index (χ0) is 15.0. The van der Waals surface area contributed by atoms with Crippen molar-refractivity contribution in [1.82, 2.24) is 9.78 Å². The molecule has 1 N–H and O–H groups in total. The molecule has 0 aliphatic carbocycles. The standard InChI is InChI=1S/C18H18N2O/c1-12-8-10-15(11-9-12)17-18(21)14(3)19-20(17)16-7-5-4-6-13(16)2/h4-11,21H,1-3H3. The van der Waals surface area contributed by atoms with Gasteiger partial charge in [0.25, 0.3) is 0 Å². The van der Waals surface area contributed by atoms with Crippen molar-refractivity contribution < 1.29 is 5.11 Å². The van der Waals surface area contributed by atoms with Crippen LogP contribution in [-0.2, 0) is 0 Å². The van der Waals surface area contributed by atoms with E-state index < -0.39 is 0 Å². The molecule has 3 nitrogen and oxygen atoms in total. The summed E-state index contributed by atoms with van der Waals surface area (Å²) in [6.45, 7) is 5.91. The van der Waals surface area contributed by atoms with Crippen LogP contribution in [0.5, 0.6) is 5.75 Å². The SMILES string of the molecule is Cc1ccc(-c2c(O)c(C)nn2-c2ccccc2C)cc1. The average Bonchev–Trinajstić information content (AvgIpc) is 2.76. The maximum absolute atomic E-state index is 10.4. The minimum atomic E-state index is 0.238. The van der Waals surface area contributed by atoms with Crippen molar-refractivity contribution >= 4 is 0 Å². The number of rotatable bonds is 2. The Labute approximate surface area is 124 Å². The molecule has 0 unspecified atom stereocenters. The van der Waals surface area contributed by atoms with Crippen molar-refractivity contribution in [3.8, 4) is 22.7 Å². The van der Waals surface area contributed by atoms with Gasteiger partial charge in [-0.05, 0) is 32.4 Å². The second-order valence-corrected chi connectivity index (χ2v) is 5.35. The highest BCUT2D eigenvalue weighted by Gasteiger charge is 2.18. The number of aromatic nitrogens is 2. The summed E-state index contributed by atoms with van der Waals surface area (Å²) in [6.07, 6.45) is 0. The van der Waals surface area contributed by atoms with Crippen LogP contribution in [0.4, 0.5) is 0 Å². The lowest BCUT2D eigenvalue weighted by molar-refractivity contribution is 0.473. The molecule has 3 aromatic rings. The third-order valence-electron chi connectivity index (χ3n) is 3.70. The maximum atomic E-state index is 10.4. The van der Waals surface area contributed by atoms with Crippen molar-refractivity contribution in [1.29, 1.82) is 0 Å². The van der Waals surface area contributed by atoms with E-state index in [0.29, 0.717) is 5.69 Å². The Kier molecular flexibility index (Phi) is 3.26. The summed E-state index contributed by atoms with van der Waals surface area (Å²) < 4.78 is 1.82. The first-order chi connectivity index (χ1) is 10.1. The Balaban J connectivity index is 2.26.